The molecule has 0 aromatic heterocycles. The molecular weight excluding hydrogens is 238 g/mol. The van der Waals surface area contributed by atoms with E-state index in [0.717, 1.165) is 18.4 Å². The number of hydrogen-bond donors (Lipinski definition) is 0. The quantitative estimate of drug-likeness (QED) is 0.411. The van der Waals surface area contributed by atoms with Crippen molar-refractivity contribution in [1.29, 1.82) is 0 Å². The Hall–Kier alpha value is -1.38. The van der Waals surface area contributed by atoms with E-state index < -0.39 is 0 Å². The fraction of sp³-hybridized carbons (Fsp3) is 0.625. The van der Waals surface area contributed by atoms with Gasteiger partial charge in [-0.15, -0.1) is 0 Å². The van der Waals surface area contributed by atoms with Crippen LogP contribution in [0.5, 0.6) is 0 Å². The maximum Gasteiger partial charge on any atom is 0.269 e. The molecule has 0 atom stereocenters. The number of non-ortho nitro benzene ring substituents is 1. The van der Waals surface area contributed by atoms with E-state index in [1.807, 2.05) is 6.07 Å². The Morgan fingerprint density at radius 1 is 1.16 bits per heavy atom. The first-order valence-corrected chi connectivity index (χ1v) is 7.14. The Morgan fingerprint density at radius 3 is 2.37 bits per heavy atom. The SMILES string of the molecule is CCCCCCc1cc([N+](=O)[O-])ccc1C(C)(C)C. The summed E-state index contributed by atoms with van der Waals surface area (Å²) in [5, 5.41) is 10.9. The summed E-state index contributed by atoms with van der Waals surface area (Å²) in [6.07, 6.45) is 5.69. The minimum atomic E-state index is -0.304. The van der Waals surface area contributed by atoms with Gasteiger partial charge in [-0.1, -0.05) is 53.0 Å². The highest BCUT2D eigenvalue weighted by molar-refractivity contribution is 5.42. The largest absolute Gasteiger partial charge is 0.269 e. The molecule has 0 aliphatic carbocycles. The second-order valence-electron chi connectivity index (χ2n) is 6.16. The van der Waals surface area contributed by atoms with E-state index in [-0.39, 0.29) is 16.0 Å². The lowest BCUT2D eigenvalue weighted by atomic mass is 9.82. The van der Waals surface area contributed by atoms with Gasteiger partial charge in [0.1, 0.15) is 0 Å². The van der Waals surface area contributed by atoms with Crippen molar-refractivity contribution in [1.82, 2.24) is 0 Å². The standard InChI is InChI=1S/C16H25NO2/c1-5-6-7-8-9-13-12-14(17(18)19)10-11-15(13)16(2,3)4/h10-12H,5-9H2,1-4H3. The predicted molar refractivity (Wildman–Crippen MR) is 79.6 cm³/mol. The molecular formula is C16H25NO2. The van der Waals surface area contributed by atoms with Crippen molar-refractivity contribution < 1.29 is 4.92 Å². The zero-order chi connectivity index (χ0) is 14.5. The highest BCUT2D eigenvalue weighted by Crippen LogP contribution is 2.30. The fourth-order valence-corrected chi connectivity index (χ4v) is 2.37. The monoisotopic (exact) mass is 263 g/mol. The van der Waals surface area contributed by atoms with Crippen molar-refractivity contribution in [3.05, 3.63) is 39.4 Å². The van der Waals surface area contributed by atoms with Gasteiger partial charge in [-0.3, -0.25) is 10.1 Å². The third kappa shape index (κ3) is 4.66. The molecule has 0 unspecified atom stereocenters. The Morgan fingerprint density at radius 2 is 1.84 bits per heavy atom. The van der Waals surface area contributed by atoms with Crippen LogP contribution in [0.25, 0.3) is 0 Å². The molecule has 1 aromatic rings. The molecule has 0 amide bonds. The van der Waals surface area contributed by atoms with Crippen molar-refractivity contribution in [2.45, 2.75) is 65.2 Å². The topological polar surface area (TPSA) is 43.1 Å². The number of nitrogens with zero attached hydrogens (tertiary/aromatic N) is 1. The molecule has 3 heteroatoms. The molecule has 0 saturated carbocycles. The van der Waals surface area contributed by atoms with Gasteiger partial charge in [0.05, 0.1) is 4.92 Å². The Balaban J connectivity index is 2.95. The molecule has 0 radical (unpaired) electrons. The first-order chi connectivity index (χ1) is 8.86. The van der Waals surface area contributed by atoms with Gasteiger partial charge in [0.2, 0.25) is 0 Å². The van der Waals surface area contributed by atoms with Gasteiger partial charge in [0.25, 0.3) is 5.69 Å². The van der Waals surface area contributed by atoms with E-state index >= 15 is 0 Å². The number of benzene rings is 1. The van der Waals surface area contributed by atoms with E-state index in [9.17, 15) is 10.1 Å². The molecule has 0 bridgehead atoms. The molecule has 0 fully saturated rings. The maximum absolute atomic E-state index is 10.9. The average Bonchev–Trinajstić information content (AvgIpc) is 2.33. The van der Waals surface area contributed by atoms with Crippen LogP contribution >= 0.6 is 0 Å². The summed E-state index contributed by atoms with van der Waals surface area (Å²) in [6, 6.07) is 5.30. The van der Waals surface area contributed by atoms with Gasteiger partial charge in [-0.05, 0) is 29.4 Å². The molecule has 0 saturated heterocycles. The summed E-state index contributed by atoms with van der Waals surface area (Å²) in [7, 11) is 0. The summed E-state index contributed by atoms with van der Waals surface area (Å²) in [5.41, 5.74) is 2.61. The van der Waals surface area contributed by atoms with Crippen LogP contribution in [0, 0.1) is 10.1 Å². The Kier molecular flexibility index (Phi) is 5.52. The maximum atomic E-state index is 10.9. The van der Waals surface area contributed by atoms with E-state index in [4.69, 9.17) is 0 Å². The minimum Gasteiger partial charge on any atom is -0.258 e. The van der Waals surface area contributed by atoms with Crippen LogP contribution in [0.4, 0.5) is 5.69 Å². The molecule has 0 heterocycles. The molecule has 3 nitrogen and oxygen atoms in total. The number of rotatable bonds is 6. The molecule has 0 spiro atoms. The smallest absolute Gasteiger partial charge is 0.258 e. The summed E-state index contributed by atoms with van der Waals surface area (Å²) >= 11 is 0. The highest BCUT2D eigenvalue weighted by atomic mass is 16.6. The fourth-order valence-electron chi connectivity index (χ4n) is 2.37. The number of aryl methyl sites for hydroxylation is 1. The average molecular weight is 263 g/mol. The third-order valence-corrected chi connectivity index (χ3v) is 3.41. The van der Waals surface area contributed by atoms with Crippen LogP contribution in [0.2, 0.25) is 0 Å². The van der Waals surface area contributed by atoms with E-state index in [1.54, 1.807) is 12.1 Å². The molecule has 106 valence electrons. The normalized spacial score (nSPS) is 11.6. The van der Waals surface area contributed by atoms with Gasteiger partial charge < -0.3 is 0 Å². The zero-order valence-electron chi connectivity index (χ0n) is 12.5. The molecule has 1 aromatic carbocycles. The number of hydrogen-bond acceptors (Lipinski definition) is 2. The van der Waals surface area contributed by atoms with Gasteiger partial charge in [-0.2, -0.15) is 0 Å². The van der Waals surface area contributed by atoms with Crippen LogP contribution in [0.1, 0.15) is 64.5 Å². The van der Waals surface area contributed by atoms with E-state index in [0.29, 0.717) is 0 Å². The molecule has 0 N–H and O–H groups in total. The van der Waals surface area contributed by atoms with Gasteiger partial charge in [0.15, 0.2) is 0 Å². The summed E-state index contributed by atoms with van der Waals surface area (Å²) < 4.78 is 0. The lowest BCUT2D eigenvalue weighted by Crippen LogP contribution is -2.14. The number of nitro benzene ring substituents is 1. The van der Waals surface area contributed by atoms with E-state index in [1.165, 1.54) is 24.8 Å². The summed E-state index contributed by atoms with van der Waals surface area (Å²) in [4.78, 5) is 10.6. The second kappa shape index (κ2) is 6.69. The van der Waals surface area contributed by atoms with Crippen LogP contribution in [0.15, 0.2) is 18.2 Å². The second-order valence-corrected chi connectivity index (χ2v) is 6.16. The Labute approximate surface area is 116 Å². The van der Waals surface area contributed by atoms with Crippen LogP contribution in [-0.4, -0.2) is 4.92 Å². The minimum absolute atomic E-state index is 0.0369. The summed E-state index contributed by atoms with van der Waals surface area (Å²) in [5.74, 6) is 0. The van der Waals surface area contributed by atoms with Crippen molar-refractivity contribution in [3.8, 4) is 0 Å². The van der Waals surface area contributed by atoms with Crippen molar-refractivity contribution in [2.24, 2.45) is 0 Å². The molecule has 0 aliphatic rings. The number of unbranched alkanes of at least 4 members (excludes halogenated alkanes) is 3. The van der Waals surface area contributed by atoms with Gasteiger partial charge in [-0.25, -0.2) is 0 Å². The predicted octanol–water partition coefficient (Wildman–Crippen LogP) is 5.02. The molecule has 1 rings (SSSR count). The summed E-state index contributed by atoms with van der Waals surface area (Å²) in [6.45, 7) is 8.66. The van der Waals surface area contributed by atoms with E-state index in [2.05, 4.69) is 27.7 Å². The van der Waals surface area contributed by atoms with Crippen LogP contribution < -0.4 is 0 Å². The van der Waals surface area contributed by atoms with Crippen LogP contribution in [0.3, 0.4) is 0 Å². The first kappa shape index (κ1) is 15.7. The Bertz CT molecular complexity index is 433. The number of nitro groups is 1. The highest BCUT2D eigenvalue weighted by Gasteiger charge is 2.20. The van der Waals surface area contributed by atoms with Gasteiger partial charge in [0, 0.05) is 12.1 Å². The van der Waals surface area contributed by atoms with Crippen molar-refractivity contribution in [3.63, 3.8) is 0 Å². The first-order valence-electron chi connectivity index (χ1n) is 7.14. The lowest BCUT2D eigenvalue weighted by molar-refractivity contribution is -0.384. The zero-order valence-corrected chi connectivity index (χ0v) is 12.5. The van der Waals surface area contributed by atoms with Gasteiger partial charge >= 0.3 is 0 Å². The van der Waals surface area contributed by atoms with Crippen molar-refractivity contribution in [2.75, 3.05) is 0 Å². The molecule has 0 aliphatic heterocycles. The molecule has 19 heavy (non-hydrogen) atoms. The lowest BCUT2D eigenvalue weighted by Gasteiger charge is -2.22. The third-order valence-electron chi connectivity index (χ3n) is 3.41. The van der Waals surface area contributed by atoms with Crippen LogP contribution in [-0.2, 0) is 11.8 Å². The van der Waals surface area contributed by atoms with Crippen molar-refractivity contribution >= 4 is 5.69 Å².